The third kappa shape index (κ3) is 4.14. The lowest BCUT2D eigenvalue weighted by Gasteiger charge is -2.30. The minimum atomic E-state index is -4.91. The molecule has 2 aromatic carbocycles. The minimum absolute atomic E-state index is 0.106. The van der Waals surface area contributed by atoms with Crippen molar-refractivity contribution in [1.82, 2.24) is 0 Å². The van der Waals surface area contributed by atoms with Gasteiger partial charge in [0.1, 0.15) is 18.0 Å². The Morgan fingerprint density at radius 2 is 1.54 bits per heavy atom. The maximum absolute atomic E-state index is 13.1. The van der Waals surface area contributed by atoms with Crippen molar-refractivity contribution in [2.45, 2.75) is 24.8 Å². The highest BCUT2D eigenvalue weighted by molar-refractivity contribution is 5.82. The molecule has 1 aliphatic heterocycles. The molecule has 0 bridgehead atoms. The summed E-state index contributed by atoms with van der Waals surface area (Å²) < 4.78 is 84.0. The predicted molar refractivity (Wildman–Crippen MR) is 91.7 cm³/mol. The van der Waals surface area contributed by atoms with Gasteiger partial charge in [-0.1, -0.05) is 18.2 Å². The number of benzene rings is 2. The molecule has 2 N–H and O–H groups in total. The van der Waals surface area contributed by atoms with Gasteiger partial charge in [-0.2, -0.15) is 26.3 Å². The molecule has 0 amide bonds. The van der Waals surface area contributed by atoms with Gasteiger partial charge < -0.3 is 10.5 Å². The number of ether oxygens (including phenoxy) is 1. The van der Waals surface area contributed by atoms with Gasteiger partial charge in [-0.25, -0.2) is 0 Å². The van der Waals surface area contributed by atoms with Crippen molar-refractivity contribution >= 4 is 5.84 Å². The Hall–Kier alpha value is -2.55. The van der Waals surface area contributed by atoms with Crippen LogP contribution in [0.3, 0.4) is 0 Å². The molecule has 3 rings (SSSR count). The Kier molecular flexibility index (Phi) is 4.91. The third-order valence-electron chi connectivity index (χ3n) is 4.43. The van der Waals surface area contributed by atoms with Gasteiger partial charge in [-0.3, -0.25) is 4.99 Å². The maximum Gasteiger partial charge on any atom is 0.416 e. The number of aliphatic imine (C=N–C) groups is 1. The van der Waals surface area contributed by atoms with Gasteiger partial charge in [-0.05, 0) is 47.9 Å². The molecule has 150 valence electrons. The first-order valence-corrected chi connectivity index (χ1v) is 8.21. The predicted octanol–water partition coefficient (Wildman–Crippen LogP) is 4.99. The first-order valence-electron chi connectivity index (χ1n) is 8.21. The van der Waals surface area contributed by atoms with E-state index in [9.17, 15) is 26.3 Å². The van der Waals surface area contributed by atoms with Crippen LogP contribution in [0.1, 0.15) is 23.6 Å². The molecule has 0 spiro atoms. The summed E-state index contributed by atoms with van der Waals surface area (Å²) in [6.45, 7) is 2.08. The summed E-state index contributed by atoms with van der Waals surface area (Å²) in [6.07, 6.45) is -9.81. The van der Waals surface area contributed by atoms with E-state index in [2.05, 4.69) is 4.99 Å². The Balaban J connectivity index is 2.13. The third-order valence-corrected chi connectivity index (χ3v) is 4.43. The average molecular weight is 402 g/mol. The second-order valence-corrected chi connectivity index (χ2v) is 6.75. The molecule has 1 atom stereocenters. The van der Waals surface area contributed by atoms with Crippen molar-refractivity contribution in [2.75, 3.05) is 13.2 Å². The van der Waals surface area contributed by atoms with Crippen molar-refractivity contribution in [3.63, 3.8) is 0 Å². The van der Waals surface area contributed by atoms with Crippen LogP contribution in [-0.4, -0.2) is 19.0 Å². The van der Waals surface area contributed by atoms with E-state index in [1.165, 1.54) is 12.1 Å². The van der Waals surface area contributed by atoms with Crippen molar-refractivity contribution in [3.8, 4) is 11.1 Å². The fraction of sp³-hybridized carbons (Fsp3) is 0.316. The van der Waals surface area contributed by atoms with Crippen LogP contribution in [-0.2, 0) is 22.6 Å². The van der Waals surface area contributed by atoms with Gasteiger partial charge in [-0.15, -0.1) is 0 Å². The highest BCUT2D eigenvalue weighted by Crippen LogP contribution is 2.39. The molecule has 2 aromatic rings. The second-order valence-electron chi connectivity index (χ2n) is 6.75. The molecule has 1 heterocycles. The number of amidine groups is 1. The molecule has 1 unspecified atom stereocenters. The van der Waals surface area contributed by atoms with E-state index < -0.39 is 29.0 Å². The lowest BCUT2D eigenvalue weighted by molar-refractivity contribution is -0.143. The van der Waals surface area contributed by atoms with Crippen molar-refractivity contribution < 1.29 is 31.1 Å². The first kappa shape index (κ1) is 20.2. The molecule has 9 heteroatoms. The average Bonchev–Trinajstić information content (AvgIpc) is 2.60. The smallest absolute Gasteiger partial charge is 0.386 e. The number of halogens is 6. The maximum atomic E-state index is 13.1. The van der Waals surface area contributed by atoms with Crippen molar-refractivity contribution in [2.24, 2.45) is 10.7 Å². The molecule has 28 heavy (non-hydrogen) atoms. The summed E-state index contributed by atoms with van der Waals surface area (Å²) in [5, 5.41) is 0. The second kappa shape index (κ2) is 6.80. The van der Waals surface area contributed by atoms with E-state index in [0.717, 1.165) is 0 Å². The molecule has 0 aliphatic carbocycles. The number of rotatable bonds is 2. The van der Waals surface area contributed by atoms with Gasteiger partial charge in [0.05, 0.1) is 17.7 Å². The van der Waals surface area contributed by atoms with Crippen LogP contribution in [0.5, 0.6) is 0 Å². The van der Waals surface area contributed by atoms with Crippen molar-refractivity contribution in [3.05, 3.63) is 59.2 Å². The highest BCUT2D eigenvalue weighted by atomic mass is 19.4. The number of nitrogens with two attached hydrogens (primary N) is 1. The van der Waals surface area contributed by atoms with Crippen molar-refractivity contribution in [1.29, 1.82) is 0 Å². The van der Waals surface area contributed by atoms with E-state index in [1.54, 1.807) is 19.1 Å². The number of alkyl halides is 6. The van der Waals surface area contributed by atoms with Crippen LogP contribution in [0.25, 0.3) is 11.1 Å². The monoisotopic (exact) mass is 402 g/mol. The lowest BCUT2D eigenvalue weighted by atomic mass is 9.89. The summed E-state index contributed by atoms with van der Waals surface area (Å²) in [5.41, 5.74) is 2.68. The zero-order valence-corrected chi connectivity index (χ0v) is 14.7. The Labute approximate surface area is 156 Å². The summed E-state index contributed by atoms with van der Waals surface area (Å²) in [7, 11) is 0. The fourth-order valence-electron chi connectivity index (χ4n) is 3.04. The lowest BCUT2D eigenvalue weighted by Crippen LogP contribution is -2.37. The molecule has 0 saturated carbocycles. The molecule has 0 radical (unpaired) electrons. The van der Waals surface area contributed by atoms with Crippen LogP contribution < -0.4 is 5.73 Å². The Bertz CT molecular complexity index is 887. The quantitative estimate of drug-likeness (QED) is 0.720. The topological polar surface area (TPSA) is 47.6 Å². The van der Waals surface area contributed by atoms with E-state index in [4.69, 9.17) is 10.5 Å². The van der Waals surface area contributed by atoms with E-state index in [1.807, 2.05) is 0 Å². The summed E-state index contributed by atoms with van der Waals surface area (Å²) >= 11 is 0. The van der Waals surface area contributed by atoms with Gasteiger partial charge >= 0.3 is 12.4 Å². The van der Waals surface area contributed by atoms with Gasteiger partial charge in [0.2, 0.25) is 0 Å². The van der Waals surface area contributed by atoms with Crippen LogP contribution in [0.4, 0.5) is 26.3 Å². The standard InChI is InChI=1S/C19H16F6N2O/c1-17(10-28-9-16(26)27-17)13-4-2-3-11(5-13)12-6-14(18(20,21)22)8-15(7-12)19(23,24)25/h2-8H,9-10H2,1H3,(H2,26,27). The van der Waals surface area contributed by atoms with Crippen LogP contribution >= 0.6 is 0 Å². The van der Waals surface area contributed by atoms with Crippen LogP contribution in [0.15, 0.2) is 47.5 Å². The zero-order chi connectivity index (χ0) is 20.7. The number of hydrogen-bond acceptors (Lipinski definition) is 3. The molecular formula is C19H16F6N2O. The first-order chi connectivity index (χ1) is 12.9. The largest absolute Gasteiger partial charge is 0.416 e. The number of nitrogens with zero attached hydrogens (tertiary/aromatic N) is 1. The number of hydrogen-bond donors (Lipinski definition) is 1. The normalized spacial score (nSPS) is 20.8. The SMILES string of the molecule is CC1(c2cccc(-c3cc(C(F)(F)F)cc(C(F)(F)F)c3)c2)COCC(N)=N1. The summed E-state index contributed by atoms with van der Waals surface area (Å²) in [6, 6.07) is 7.67. The molecular weight excluding hydrogens is 386 g/mol. The van der Waals surface area contributed by atoms with Gasteiger partial charge in [0.15, 0.2) is 0 Å². The fourth-order valence-corrected chi connectivity index (χ4v) is 3.04. The van der Waals surface area contributed by atoms with E-state index in [0.29, 0.717) is 17.7 Å². The molecule has 0 fully saturated rings. The van der Waals surface area contributed by atoms with Gasteiger partial charge in [0.25, 0.3) is 0 Å². The van der Waals surface area contributed by atoms with Crippen LogP contribution in [0, 0.1) is 0 Å². The molecule has 0 aromatic heterocycles. The highest BCUT2D eigenvalue weighted by Gasteiger charge is 2.37. The van der Waals surface area contributed by atoms with E-state index in [-0.39, 0.29) is 36.2 Å². The van der Waals surface area contributed by atoms with Crippen LogP contribution in [0.2, 0.25) is 0 Å². The molecule has 3 nitrogen and oxygen atoms in total. The minimum Gasteiger partial charge on any atom is -0.386 e. The Morgan fingerprint density at radius 1 is 0.929 bits per heavy atom. The van der Waals surface area contributed by atoms with E-state index >= 15 is 0 Å². The Morgan fingerprint density at radius 3 is 2.07 bits per heavy atom. The molecule has 0 saturated heterocycles. The summed E-state index contributed by atoms with van der Waals surface area (Å²) in [5.74, 6) is 0.262. The molecule has 1 aliphatic rings. The zero-order valence-electron chi connectivity index (χ0n) is 14.7. The summed E-state index contributed by atoms with van der Waals surface area (Å²) in [4.78, 5) is 4.34. The van der Waals surface area contributed by atoms with Gasteiger partial charge in [0, 0.05) is 0 Å².